The lowest BCUT2D eigenvalue weighted by molar-refractivity contribution is -0.118. The van der Waals surface area contributed by atoms with Crippen molar-refractivity contribution in [2.24, 2.45) is 0 Å². The Balaban J connectivity index is 1.53. The van der Waals surface area contributed by atoms with E-state index >= 15 is 0 Å². The third-order valence-corrected chi connectivity index (χ3v) is 5.90. The minimum atomic E-state index is -0.212. The Morgan fingerprint density at radius 3 is 2.88 bits per heavy atom. The summed E-state index contributed by atoms with van der Waals surface area (Å²) in [6.45, 7) is 2.02. The molecule has 1 amide bonds. The van der Waals surface area contributed by atoms with Crippen LogP contribution >= 0.6 is 27.3 Å². The van der Waals surface area contributed by atoms with Crippen molar-refractivity contribution in [2.45, 2.75) is 51.4 Å². The van der Waals surface area contributed by atoms with E-state index in [0.29, 0.717) is 11.0 Å². The number of anilines is 1. The predicted octanol–water partition coefficient (Wildman–Crippen LogP) is 4.93. The maximum atomic E-state index is 12.1. The van der Waals surface area contributed by atoms with Crippen molar-refractivity contribution in [2.75, 3.05) is 11.9 Å². The van der Waals surface area contributed by atoms with E-state index in [4.69, 9.17) is 4.74 Å². The van der Waals surface area contributed by atoms with Crippen LogP contribution in [0, 0.1) is 0 Å². The largest absolute Gasteiger partial charge is 0.483 e. The van der Waals surface area contributed by atoms with Crippen LogP contribution in [0.3, 0.4) is 0 Å². The summed E-state index contributed by atoms with van der Waals surface area (Å²) in [7, 11) is 0. The summed E-state index contributed by atoms with van der Waals surface area (Å²) in [6.07, 6.45) is 7.02. The predicted molar refractivity (Wildman–Crippen MR) is 103 cm³/mol. The number of ether oxygens (including phenoxy) is 1. The smallest absolute Gasteiger partial charge is 0.264 e. The van der Waals surface area contributed by atoms with Gasteiger partial charge in [0.2, 0.25) is 5.13 Å². The number of nitrogens with zero attached hydrogens (tertiary/aromatic N) is 2. The number of nitrogens with one attached hydrogen (secondary N) is 1. The van der Waals surface area contributed by atoms with E-state index in [0.717, 1.165) is 27.2 Å². The minimum absolute atomic E-state index is 0.0347. The van der Waals surface area contributed by atoms with Gasteiger partial charge in [0, 0.05) is 10.4 Å². The topological polar surface area (TPSA) is 64.1 Å². The molecule has 0 spiro atoms. The molecule has 3 rings (SSSR count). The maximum absolute atomic E-state index is 12.1. The Hall–Kier alpha value is -1.47. The molecule has 1 aliphatic carbocycles. The second-order valence-electron chi connectivity index (χ2n) is 6.22. The van der Waals surface area contributed by atoms with Gasteiger partial charge < -0.3 is 4.74 Å². The molecular weight excluding hydrogens is 402 g/mol. The summed E-state index contributed by atoms with van der Waals surface area (Å²) in [5.74, 6) is 1.03. The zero-order valence-corrected chi connectivity index (χ0v) is 16.7. The van der Waals surface area contributed by atoms with Gasteiger partial charge in [-0.15, -0.1) is 10.2 Å². The quantitative estimate of drug-likeness (QED) is 0.715. The zero-order chi connectivity index (χ0) is 17.6. The van der Waals surface area contributed by atoms with E-state index in [1.54, 1.807) is 0 Å². The fourth-order valence-electron chi connectivity index (χ4n) is 3.06. The standard InChI is InChI=1S/C18H22BrN3O2S/c1-2-12-10-14(19)8-9-15(12)24-11-16(23)20-18-22-21-17(25-18)13-6-4-3-5-7-13/h8-10,13H,2-7,11H2,1H3,(H,20,22,23). The first-order valence-electron chi connectivity index (χ1n) is 8.70. The van der Waals surface area contributed by atoms with E-state index < -0.39 is 0 Å². The number of benzene rings is 1. The number of amides is 1. The Morgan fingerprint density at radius 1 is 1.32 bits per heavy atom. The van der Waals surface area contributed by atoms with Gasteiger partial charge in [-0.1, -0.05) is 53.5 Å². The van der Waals surface area contributed by atoms with Gasteiger partial charge in [0.1, 0.15) is 10.8 Å². The first-order valence-corrected chi connectivity index (χ1v) is 10.3. The number of carbonyl (C=O) groups excluding carboxylic acids is 1. The van der Waals surface area contributed by atoms with Crippen molar-refractivity contribution in [3.8, 4) is 5.75 Å². The number of hydrogen-bond acceptors (Lipinski definition) is 5. The Morgan fingerprint density at radius 2 is 2.12 bits per heavy atom. The normalized spacial score (nSPS) is 15.1. The maximum Gasteiger partial charge on any atom is 0.264 e. The minimum Gasteiger partial charge on any atom is -0.483 e. The fourth-order valence-corrected chi connectivity index (χ4v) is 4.40. The van der Waals surface area contributed by atoms with Crippen molar-refractivity contribution in [3.05, 3.63) is 33.2 Å². The molecule has 0 radical (unpaired) electrons. The van der Waals surface area contributed by atoms with Crippen LogP contribution in [0.25, 0.3) is 0 Å². The highest BCUT2D eigenvalue weighted by atomic mass is 79.9. The molecule has 1 saturated carbocycles. The average molecular weight is 424 g/mol. The van der Waals surface area contributed by atoms with Gasteiger partial charge >= 0.3 is 0 Å². The highest BCUT2D eigenvalue weighted by Crippen LogP contribution is 2.35. The molecule has 1 aromatic heterocycles. The highest BCUT2D eigenvalue weighted by molar-refractivity contribution is 9.10. The van der Waals surface area contributed by atoms with E-state index in [1.807, 2.05) is 18.2 Å². The van der Waals surface area contributed by atoms with Crippen molar-refractivity contribution in [1.82, 2.24) is 10.2 Å². The van der Waals surface area contributed by atoms with E-state index in [1.165, 1.54) is 43.4 Å². The van der Waals surface area contributed by atoms with Crippen LogP contribution in [0.15, 0.2) is 22.7 Å². The van der Waals surface area contributed by atoms with Gasteiger partial charge in [0.05, 0.1) is 0 Å². The van der Waals surface area contributed by atoms with Crippen LogP contribution in [0.4, 0.5) is 5.13 Å². The molecule has 134 valence electrons. The first kappa shape index (κ1) is 18.3. The zero-order valence-electron chi connectivity index (χ0n) is 14.3. The summed E-state index contributed by atoms with van der Waals surface area (Å²) in [4.78, 5) is 12.1. The van der Waals surface area contributed by atoms with Crippen molar-refractivity contribution < 1.29 is 9.53 Å². The molecule has 1 aromatic carbocycles. The lowest BCUT2D eigenvalue weighted by Crippen LogP contribution is -2.20. The third kappa shape index (κ3) is 5.01. The number of hydrogen-bond donors (Lipinski definition) is 1. The number of aryl methyl sites for hydroxylation is 1. The first-order chi connectivity index (χ1) is 12.2. The van der Waals surface area contributed by atoms with Crippen LogP contribution in [-0.2, 0) is 11.2 Å². The molecule has 1 fully saturated rings. The molecule has 1 aliphatic rings. The molecule has 5 nitrogen and oxygen atoms in total. The highest BCUT2D eigenvalue weighted by Gasteiger charge is 2.20. The van der Waals surface area contributed by atoms with E-state index in [2.05, 4.69) is 38.4 Å². The molecule has 0 bridgehead atoms. The second kappa shape index (κ2) is 8.76. The lowest BCUT2D eigenvalue weighted by atomic mass is 9.90. The molecule has 1 heterocycles. The average Bonchev–Trinajstić information content (AvgIpc) is 3.09. The van der Waals surface area contributed by atoms with Gasteiger partial charge in [-0.3, -0.25) is 10.1 Å². The van der Waals surface area contributed by atoms with Crippen LogP contribution < -0.4 is 10.1 Å². The molecule has 2 aromatic rings. The van der Waals surface area contributed by atoms with Gasteiger partial charge in [-0.25, -0.2) is 0 Å². The summed E-state index contributed by atoms with van der Waals surface area (Å²) in [6, 6.07) is 5.80. The Kier molecular flexibility index (Phi) is 6.42. The molecule has 7 heteroatoms. The number of halogens is 1. The molecule has 0 aliphatic heterocycles. The monoisotopic (exact) mass is 423 g/mol. The Bertz CT molecular complexity index is 729. The van der Waals surface area contributed by atoms with Gasteiger partial charge in [0.25, 0.3) is 5.91 Å². The molecule has 0 atom stereocenters. The van der Waals surface area contributed by atoms with Crippen LogP contribution in [-0.4, -0.2) is 22.7 Å². The van der Waals surface area contributed by atoms with Crippen molar-refractivity contribution in [1.29, 1.82) is 0 Å². The molecule has 25 heavy (non-hydrogen) atoms. The summed E-state index contributed by atoms with van der Waals surface area (Å²) >= 11 is 4.93. The molecule has 0 saturated heterocycles. The van der Waals surface area contributed by atoms with Crippen LogP contribution in [0.2, 0.25) is 0 Å². The molecular formula is C18H22BrN3O2S. The van der Waals surface area contributed by atoms with Gasteiger partial charge in [0.15, 0.2) is 6.61 Å². The Labute approximate surface area is 160 Å². The van der Waals surface area contributed by atoms with Crippen LogP contribution in [0.5, 0.6) is 5.75 Å². The second-order valence-corrected chi connectivity index (χ2v) is 8.15. The van der Waals surface area contributed by atoms with Crippen LogP contribution in [0.1, 0.15) is 55.5 Å². The van der Waals surface area contributed by atoms with Gasteiger partial charge in [-0.2, -0.15) is 0 Å². The number of rotatable bonds is 6. The fraction of sp³-hybridized carbons (Fsp3) is 0.500. The summed E-state index contributed by atoms with van der Waals surface area (Å²) in [5.41, 5.74) is 1.07. The third-order valence-electron chi connectivity index (χ3n) is 4.40. The number of aromatic nitrogens is 2. The van der Waals surface area contributed by atoms with Gasteiger partial charge in [-0.05, 0) is 43.0 Å². The summed E-state index contributed by atoms with van der Waals surface area (Å²) in [5, 5.41) is 12.7. The summed E-state index contributed by atoms with van der Waals surface area (Å²) < 4.78 is 6.67. The van der Waals surface area contributed by atoms with E-state index in [9.17, 15) is 4.79 Å². The lowest BCUT2D eigenvalue weighted by Gasteiger charge is -2.18. The van der Waals surface area contributed by atoms with E-state index in [-0.39, 0.29) is 12.5 Å². The molecule has 0 unspecified atom stereocenters. The van der Waals surface area contributed by atoms with Crippen molar-refractivity contribution in [3.63, 3.8) is 0 Å². The number of carbonyl (C=O) groups is 1. The van der Waals surface area contributed by atoms with Crippen molar-refractivity contribution >= 4 is 38.3 Å². The molecule has 1 N–H and O–H groups in total. The SMILES string of the molecule is CCc1cc(Br)ccc1OCC(=O)Nc1nnc(C2CCCCC2)s1.